The van der Waals surface area contributed by atoms with Crippen LogP contribution < -0.4 is 0 Å². The standard InChI is InChI=1S/C28H39NO/c1-2-3-4-5-6-7-8-9-10-11-12-13-15-18-24-21-22-26-27(23-24)30-28(29-26)25-19-16-14-17-20-25/h14,16-17,19-23H,2-13,15,18H2,1H3/i28+1. The van der Waals surface area contributed by atoms with Crippen molar-refractivity contribution in [1.82, 2.24) is 4.98 Å². The molecule has 0 aliphatic carbocycles. The Kier molecular flexibility index (Phi) is 9.99. The maximum atomic E-state index is 6.00. The first-order chi connectivity index (χ1) is 14.9. The number of nitrogens with zero attached hydrogens (tertiary/aromatic N) is 1. The second kappa shape index (κ2) is 13.3. The van der Waals surface area contributed by atoms with Gasteiger partial charge in [-0.05, 0) is 42.7 Å². The highest BCUT2D eigenvalue weighted by molar-refractivity contribution is 5.76. The summed E-state index contributed by atoms with van der Waals surface area (Å²) in [4.78, 5) is 4.63. The number of hydrogen-bond donors (Lipinski definition) is 0. The summed E-state index contributed by atoms with van der Waals surface area (Å²) in [5.74, 6) is 0.712. The number of unbranched alkanes of at least 4 members (excludes halogenated alkanes) is 12. The molecule has 0 saturated heterocycles. The van der Waals surface area contributed by atoms with Crippen LogP contribution in [-0.2, 0) is 6.42 Å². The summed E-state index contributed by atoms with van der Waals surface area (Å²) in [5, 5.41) is 0. The Labute approximate surface area is 183 Å². The smallest absolute Gasteiger partial charge is 0.227 e. The van der Waals surface area contributed by atoms with Gasteiger partial charge in [0, 0.05) is 5.56 Å². The van der Waals surface area contributed by atoms with Gasteiger partial charge >= 0.3 is 0 Å². The topological polar surface area (TPSA) is 26.0 Å². The van der Waals surface area contributed by atoms with Crippen LogP contribution in [0.4, 0.5) is 0 Å². The number of aromatic nitrogens is 1. The average molecular weight is 407 g/mol. The van der Waals surface area contributed by atoms with Crippen molar-refractivity contribution in [2.75, 3.05) is 0 Å². The summed E-state index contributed by atoms with van der Waals surface area (Å²) < 4.78 is 6.00. The SMILES string of the molecule is CCCCCCCCCCCCCCCc1ccc2n[13c](-c3ccccc3)oc2c1. The summed E-state index contributed by atoms with van der Waals surface area (Å²) in [5.41, 5.74) is 4.25. The van der Waals surface area contributed by atoms with E-state index in [1.165, 1.54) is 89.0 Å². The zero-order chi connectivity index (χ0) is 20.9. The lowest BCUT2D eigenvalue weighted by atomic mass is 10.0. The van der Waals surface area contributed by atoms with Crippen molar-refractivity contribution in [3.05, 3.63) is 54.1 Å². The predicted octanol–water partition coefficient (Wildman–Crippen LogP) is 9.13. The molecule has 2 aromatic carbocycles. The molecule has 30 heavy (non-hydrogen) atoms. The summed E-state index contributed by atoms with van der Waals surface area (Å²) in [7, 11) is 0. The molecule has 3 aromatic rings. The number of aryl methyl sites for hydroxylation is 1. The fourth-order valence-corrected chi connectivity index (χ4v) is 4.18. The van der Waals surface area contributed by atoms with Gasteiger partial charge in [0.2, 0.25) is 5.89 Å². The van der Waals surface area contributed by atoms with Crippen molar-refractivity contribution in [3.8, 4) is 11.5 Å². The van der Waals surface area contributed by atoms with Gasteiger partial charge in [0.25, 0.3) is 0 Å². The van der Waals surface area contributed by atoms with Crippen molar-refractivity contribution < 1.29 is 4.42 Å². The molecule has 0 radical (unpaired) electrons. The molecule has 0 spiro atoms. The van der Waals surface area contributed by atoms with E-state index in [1.807, 2.05) is 30.3 Å². The van der Waals surface area contributed by atoms with Crippen LogP contribution in [-0.4, -0.2) is 4.98 Å². The van der Waals surface area contributed by atoms with Crippen molar-refractivity contribution >= 4 is 11.1 Å². The Morgan fingerprint density at radius 2 is 1.27 bits per heavy atom. The van der Waals surface area contributed by atoms with Gasteiger partial charge in [0.15, 0.2) is 5.58 Å². The molecule has 0 unspecified atom stereocenters. The highest BCUT2D eigenvalue weighted by Crippen LogP contribution is 2.25. The van der Waals surface area contributed by atoms with Gasteiger partial charge in [-0.25, -0.2) is 4.98 Å². The lowest BCUT2D eigenvalue weighted by Crippen LogP contribution is -1.87. The van der Waals surface area contributed by atoms with Crippen LogP contribution >= 0.6 is 0 Å². The Balaban J connectivity index is 1.27. The minimum absolute atomic E-state index is 0.712. The van der Waals surface area contributed by atoms with Gasteiger partial charge in [0.1, 0.15) is 5.52 Å². The molecular weight excluding hydrogens is 367 g/mol. The van der Waals surface area contributed by atoms with Gasteiger partial charge in [-0.3, -0.25) is 0 Å². The molecule has 1 aromatic heterocycles. The van der Waals surface area contributed by atoms with Gasteiger partial charge in [0.05, 0.1) is 0 Å². The second-order valence-corrected chi connectivity index (χ2v) is 8.68. The lowest BCUT2D eigenvalue weighted by Gasteiger charge is -2.03. The summed E-state index contributed by atoms with van der Waals surface area (Å²) in [6, 6.07) is 16.6. The maximum Gasteiger partial charge on any atom is 0.227 e. The number of rotatable bonds is 15. The van der Waals surface area contributed by atoms with E-state index in [2.05, 4.69) is 30.1 Å². The molecule has 0 aliphatic rings. The van der Waals surface area contributed by atoms with Gasteiger partial charge in [-0.1, -0.05) is 108 Å². The van der Waals surface area contributed by atoms with Crippen LogP contribution in [0.25, 0.3) is 22.6 Å². The van der Waals surface area contributed by atoms with Crippen molar-refractivity contribution in [3.63, 3.8) is 0 Å². The molecule has 2 heteroatoms. The van der Waals surface area contributed by atoms with Gasteiger partial charge in [-0.2, -0.15) is 0 Å². The molecule has 0 aliphatic heterocycles. The first-order valence-corrected chi connectivity index (χ1v) is 12.3. The normalized spacial score (nSPS) is 11.4. The van der Waals surface area contributed by atoms with E-state index in [0.29, 0.717) is 5.89 Å². The van der Waals surface area contributed by atoms with E-state index in [0.717, 1.165) is 23.1 Å². The van der Waals surface area contributed by atoms with E-state index < -0.39 is 0 Å². The molecule has 0 saturated carbocycles. The molecule has 0 atom stereocenters. The van der Waals surface area contributed by atoms with E-state index >= 15 is 0 Å². The fourth-order valence-electron chi connectivity index (χ4n) is 4.18. The summed E-state index contributed by atoms with van der Waals surface area (Å²) >= 11 is 0. The fraction of sp³-hybridized carbons (Fsp3) is 0.536. The quantitative estimate of drug-likeness (QED) is 0.235. The zero-order valence-electron chi connectivity index (χ0n) is 18.9. The number of fused-ring (bicyclic) bond motifs is 1. The predicted molar refractivity (Wildman–Crippen MR) is 129 cm³/mol. The van der Waals surface area contributed by atoms with Gasteiger partial charge in [-0.15, -0.1) is 0 Å². The van der Waals surface area contributed by atoms with Crippen LogP contribution in [0.2, 0.25) is 0 Å². The monoisotopic (exact) mass is 406 g/mol. The minimum Gasteiger partial charge on any atom is -0.436 e. The van der Waals surface area contributed by atoms with Crippen LogP contribution in [0, 0.1) is 0 Å². The number of benzene rings is 2. The van der Waals surface area contributed by atoms with E-state index in [4.69, 9.17) is 4.42 Å². The molecule has 2 nitrogen and oxygen atoms in total. The largest absolute Gasteiger partial charge is 0.436 e. The summed E-state index contributed by atoms with van der Waals surface area (Å²) in [6.07, 6.45) is 19.3. The van der Waals surface area contributed by atoms with Crippen molar-refractivity contribution in [2.45, 2.75) is 96.8 Å². The molecule has 0 fully saturated rings. The highest BCUT2D eigenvalue weighted by Gasteiger charge is 2.08. The Bertz CT molecular complexity index is 836. The molecule has 3 rings (SSSR count). The summed E-state index contributed by atoms with van der Waals surface area (Å²) in [6.45, 7) is 2.29. The number of oxazole rings is 1. The highest BCUT2D eigenvalue weighted by atomic mass is 16.4. The average Bonchev–Trinajstić information content (AvgIpc) is 3.21. The molecular formula is C28H39NO. The van der Waals surface area contributed by atoms with Gasteiger partial charge < -0.3 is 4.42 Å². The Hall–Kier alpha value is -2.09. The molecule has 0 amide bonds. The molecule has 0 bridgehead atoms. The van der Waals surface area contributed by atoms with Crippen molar-refractivity contribution in [2.24, 2.45) is 0 Å². The molecule has 0 N–H and O–H groups in total. The Morgan fingerprint density at radius 3 is 1.90 bits per heavy atom. The maximum absolute atomic E-state index is 6.00. The minimum atomic E-state index is 0.712. The third-order valence-electron chi connectivity index (χ3n) is 6.04. The first-order valence-electron chi connectivity index (χ1n) is 12.3. The van der Waals surface area contributed by atoms with E-state index in [-0.39, 0.29) is 0 Å². The third-order valence-corrected chi connectivity index (χ3v) is 6.04. The van der Waals surface area contributed by atoms with Crippen LogP contribution in [0.5, 0.6) is 0 Å². The van der Waals surface area contributed by atoms with Crippen LogP contribution in [0.3, 0.4) is 0 Å². The van der Waals surface area contributed by atoms with E-state index in [1.54, 1.807) is 0 Å². The van der Waals surface area contributed by atoms with Crippen LogP contribution in [0.15, 0.2) is 52.9 Å². The lowest BCUT2D eigenvalue weighted by molar-refractivity contribution is 0.539. The van der Waals surface area contributed by atoms with Crippen LogP contribution in [0.1, 0.15) is 96.0 Å². The Morgan fingerprint density at radius 1 is 0.667 bits per heavy atom. The van der Waals surface area contributed by atoms with Crippen molar-refractivity contribution in [1.29, 1.82) is 0 Å². The second-order valence-electron chi connectivity index (χ2n) is 8.68. The first kappa shape index (κ1) is 22.6. The zero-order valence-corrected chi connectivity index (χ0v) is 18.9. The molecule has 1 heterocycles. The third kappa shape index (κ3) is 7.63. The van der Waals surface area contributed by atoms with E-state index in [9.17, 15) is 0 Å². The molecule has 162 valence electrons. The number of hydrogen-bond acceptors (Lipinski definition) is 2.